The second-order valence-corrected chi connectivity index (χ2v) is 7.37. The van der Waals surface area contributed by atoms with Crippen molar-refractivity contribution in [3.63, 3.8) is 0 Å². The zero-order chi connectivity index (χ0) is 22.3. The Balaban J connectivity index is 1.58. The minimum absolute atomic E-state index is 0.0535. The zero-order valence-corrected chi connectivity index (χ0v) is 17.1. The highest BCUT2D eigenvalue weighted by atomic mass is 16.6. The number of phenolic OH excluding ortho intramolecular Hbond substituents is 1. The maximum Gasteiger partial charge on any atom is 0.272 e. The molecule has 0 aliphatic carbocycles. The lowest BCUT2D eigenvalue weighted by Crippen LogP contribution is -2.12. The van der Waals surface area contributed by atoms with E-state index < -0.39 is 10.8 Å². The summed E-state index contributed by atoms with van der Waals surface area (Å²) in [6, 6.07) is 12.6. The van der Waals surface area contributed by atoms with Gasteiger partial charge in [-0.25, -0.2) is 4.98 Å². The molecule has 8 heteroatoms. The Morgan fingerprint density at radius 1 is 1.03 bits per heavy atom. The number of nitro groups is 1. The summed E-state index contributed by atoms with van der Waals surface area (Å²) in [4.78, 5) is 27.4. The van der Waals surface area contributed by atoms with Crippen molar-refractivity contribution in [2.75, 3.05) is 5.32 Å². The molecule has 0 unspecified atom stereocenters. The molecule has 4 rings (SSSR count). The number of carbonyl (C=O) groups excluding carboxylic acids is 1. The van der Waals surface area contributed by atoms with E-state index in [0.29, 0.717) is 27.9 Å². The molecule has 1 amide bonds. The molecule has 31 heavy (non-hydrogen) atoms. The number of fused-ring (bicyclic) bond motifs is 1. The molecule has 1 aromatic heterocycles. The molecular weight excluding hydrogens is 398 g/mol. The lowest BCUT2D eigenvalue weighted by atomic mass is 10.1. The number of rotatable bonds is 4. The first kappa shape index (κ1) is 20.1. The van der Waals surface area contributed by atoms with Gasteiger partial charge >= 0.3 is 0 Å². The third-order valence-corrected chi connectivity index (χ3v) is 5.15. The first-order chi connectivity index (χ1) is 14.7. The van der Waals surface area contributed by atoms with Gasteiger partial charge < -0.3 is 14.8 Å². The largest absolute Gasteiger partial charge is 0.507 e. The highest BCUT2D eigenvalue weighted by Gasteiger charge is 2.16. The molecule has 156 valence electrons. The summed E-state index contributed by atoms with van der Waals surface area (Å²) in [7, 11) is 0. The summed E-state index contributed by atoms with van der Waals surface area (Å²) in [5.74, 6) is -0.267. The van der Waals surface area contributed by atoms with Gasteiger partial charge in [0.2, 0.25) is 5.89 Å². The first-order valence-corrected chi connectivity index (χ1v) is 9.50. The van der Waals surface area contributed by atoms with Crippen molar-refractivity contribution in [3.05, 3.63) is 80.9 Å². The van der Waals surface area contributed by atoms with Crippen molar-refractivity contribution < 1.29 is 19.2 Å². The van der Waals surface area contributed by atoms with Gasteiger partial charge in [-0.15, -0.1) is 0 Å². The van der Waals surface area contributed by atoms with Crippen LogP contribution in [0.2, 0.25) is 0 Å². The SMILES string of the molecule is Cc1cc2nc(-c3ccc(NC(=O)c4ccc([N+](=O)[O-])c(C)c4)cc3O)oc2cc1C. The van der Waals surface area contributed by atoms with Gasteiger partial charge in [-0.2, -0.15) is 0 Å². The Bertz CT molecular complexity index is 1320. The number of aryl methyl sites for hydroxylation is 3. The number of nitro benzene ring substituents is 1. The van der Waals surface area contributed by atoms with E-state index in [1.165, 1.54) is 24.3 Å². The Hall–Kier alpha value is -4.20. The van der Waals surface area contributed by atoms with E-state index >= 15 is 0 Å². The van der Waals surface area contributed by atoms with Crippen molar-refractivity contribution in [2.45, 2.75) is 20.8 Å². The van der Waals surface area contributed by atoms with Crippen molar-refractivity contribution >= 4 is 28.4 Å². The monoisotopic (exact) mass is 417 g/mol. The van der Waals surface area contributed by atoms with Crippen molar-refractivity contribution in [1.29, 1.82) is 0 Å². The normalized spacial score (nSPS) is 10.9. The highest BCUT2D eigenvalue weighted by Crippen LogP contribution is 2.34. The van der Waals surface area contributed by atoms with E-state index in [-0.39, 0.29) is 22.9 Å². The maximum atomic E-state index is 12.5. The fraction of sp³-hybridized carbons (Fsp3) is 0.130. The Morgan fingerprint density at radius 2 is 1.77 bits per heavy atom. The van der Waals surface area contributed by atoms with Crippen molar-refractivity contribution in [1.82, 2.24) is 4.98 Å². The average molecular weight is 417 g/mol. The third kappa shape index (κ3) is 3.83. The third-order valence-electron chi connectivity index (χ3n) is 5.15. The summed E-state index contributed by atoms with van der Waals surface area (Å²) in [5, 5.41) is 24.1. The number of amides is 1. The van der Waals surface area contributed by atoms with Crippen LogP contribution in [0.1, 0.15) is 27.0 Å². The Kier molecular flexibility index (Phi) is 4.90. The summed E-state index contributed by atoms with van der Waals surface area (Å²) in [6.07, 6.45) is 0. The Labute approximate surface area is 177 Å². The molecule has 0 aliphatic heterocycles. The van der Waals surface area contributed by atoms with Crippen molar-refractivity contribution in [2.24, 2.45) is 0 Å². The number of nitrogens with one attached hydrogen (secondary N) is 1. The van der Waals surface area contributed by atoms with Gasteiger partial charge in [0.15, 0.2) is 5.58 Å². The fourth-order valence-electron chi connectivity index (χ4n) is 3.29. The first-order valence-electron chi connectivity index (χ1n) is 9.50. The quantitative estimate of drug-likeness (QED) is 0.344. The van der Waals surface area contributed by atoms with E-state index in [0.717, 1.165) is 11.1 Å². The van der Waals surface area contributed by atoms with Crippen LogP contribution in [-0.4, -0.2) is 20.9 Å². The van der Waals surface area contributed by atoms with E-state index in [1.54, 1.807) is 19.1 Å². The molecule has 1 heterocycles. The molecule has 0 saturated heterocycles. The van der Waals surface area contributed by atoms with Gasteiger partial charge in [0.05, 0.1) is 10.5 Å². The summed E-state index contributed by atoms with van der Waals surface area (Å²) in [5.41, 5.74) is 4.87. The molecule has 0 fully saturated rings. The average Bonchev–Trinajstić information content (AvgIpc) is 3.10. The van der Waals surface area contributed by atoms with Crippen LogP contribution < -0.4 is 5.32 Å². The number of hydrogen-bond donors (Lipinski definition) is 2. The molecule has 0 radical (unpaired) electrons. The van der Waals surface area contributed by atoms with E-state index in [1.807, 2.05) is 26.0 Å². The number of anilines is 1. The second kappa shape index (κ2) is 7.56. The summed E-state index contributed by atoms with van der Waals surface area (Å²) >= 11 is 0. The number of hydrogen-bond acceptors (Lipinski definition) is 6. The van der Waals surface area contributed by atoms with E-state index in [2.05, 4.69) is 10.3 Å². The number of aromatic hydroxyl groups is 1. The van der Waals surface area contributed by atoms with Crippen LogP contribution >= 0.6 is 0 Å². The van der Waals surface area contributed by atoms with Crippen LogP contribution in [0.15, 0.2) is 52.9 Å². The topological polar surface area (TPSA) is 118 Å². The minimum Gasteiger partial charge on any atom is -0.507 e. The molecule has 3 aromatic carbocycles. The Morgan fingerprint density at radius 3 is 2.45 bits per heavy atom. The number of aromatic nitrogens is 1. The number of phenols is 1. The molecule has 4 aromatic rings. The number of nitrogens with zero attached hydrogens (tertiary/aromatic N) is 2. The van der Waals surface area contributed by atoms with Crippen LogP contribution in [0.4, 0.5) is 11.4 Å². The molecule has 8 nitrogen and oxygen atoms in total. The number of benzene rings is 3. The van der Waals surface area contributed by atoms with Crippen LogP contribution in [0.3, 0.4) is 0 Å². The van der Waals surface area contributed by atoms with Gasteiger partial charge in [0, 0.05) is 28.9 Å². The second-order valence-electron chi connectivity index (χ2n) is 7.37. The highest BCUT2D eigenvalue weighted by molar-refractivity contribution is 6.04. The zero-order valence-electron chi connectivity index (χ0n) is 17.1. The van der Waals surface area contributed by atoms with Crippen molar-refractivity contribution in [3.8, 4) is 17.2 Å². The molecule has 0 spiro atoms. The predicted molar refractivity (Wildman–Crippen MR) is 116 cm³/mol. The summed E-state index contributed by atoms with van der Waals surface area (Å²) in [6.45, 7) is 5.54. The lowest BCUT2D eigenvalue weighted by molar-refractivity contribution is -0.385. The number of oxazole rings is 1. The van der Waals surface area contributed by atoms with Gasteiger partial charge in [-0.1, -0.05) is 0 Å². The molecule has 0 saturated carbocycles. The van der Waals surface area contributed by atoms with Crippen LogP contribution in [-0.2, 0) is 0 Å². The molecular formula is C23H19N3O5. The smallest absolute Gasteiger partial charge is 0.272 e. The van der Waals surface area contributed by atoms with Crippen LogP contribution in [0, 0.1) is 30.9 Å². The van der Waals surface area contributed by atoms with E-state index in [4.69, 9.17) is 4.42 Å². The van der Waals surface area contributed by atoms with Gasteiger partial charge in [-0.3, -0.25) is 14.9 Å². The van der Waals surface area contributed by atoms with Gasteiger partial charge in [0.1, 0.15) is 11.3 Å². The van der Waals surface area contributed by atoms with Gasteiger partial charge in [-0.05, 0) is 68.3 Å². The van der Waals surface area contributed by atoms with Crippen LogP contribution in [0.5, 0.6) is 5.75 Å². The van der Waals surface area contributed by atoms with Crippen LogP contribution in [0.25, 0.3) is 22.6 Å². The van der Waals surface area contributed by atoms with E-state index in [9.17, 15) is 20.0 Å². The lowest BCUT2D eigenvalue weighted by Gasteiger charge is -2.08. The standard InChI is InChI=1S/C23H19N3O5/c1-12-9-18-21(10-13(12)2)31-23(25-18)17-6-5-16(11-20(17)27)24-22(28)15-4-7-19(26(29)30)14(3)8-15/h4-11,27H,1-3H3,(H,24,28). The maximum absolute atomic E-state index is 12.5. The summed E-state index contributed by atoms with van der Waals surface area (Å²) < 4.78 is 5.79. The molecule has 0 bridgehead atoms. The predicted octanol–water partition coefficient (Wildman–Crippen LogP) is 5.29. The molecule has 2 N–H and O–H groups in total. The minimum atomic E-state index is -0.498. The van der Waals surface area contributed by atoms with Gasteiger partial charge in [0.25, 0.3) is 11.6 Å². The number of carbonyl (C=O) groups is 1. The fourth-order valence-corrected chi connectivity index (χ4v) is 3.29. The molecule has 0 atom stereocenters. The molecule has 0 aliphatic rings.